The van der Waals surface area contributed by atoms with Gasteiger partial charge in [0, 0.05) is 18.2 Å². The maximum atomic E-state index is 6.03. The van der Waals surface area contributed by atoms with Gasteiger partial charge in [0.2, 0.25) is 0 Å². The van der Waals surface area contributed by atoms with E-state index in [1.165, 1.54) is 11.1 Å². The molecule has 0 bridgehead atoms. The van der Waals surface area contributed by atoms with Crippen LogP contribution in [-0.2, 0) is 12.2 Å². The highest BCUT2D eigenvalue weighted by atomic mass is 35.5. The van der Waals surface area contributed by atoms with Crippen molar-refractivity contribution in [2.24, 2.45) is 0 Å². The second-order valence-electron chi connectivity index (χ2n) is 4.41. The lowest BCUT2D eigenvalue weighted by atomic mass is 10.1. The summed E-state index contributed by atoms with van der Waals surface area (Å²) in [5.74, 6) is 1.74. The quantitative estimate of drug-likeness (QED) is 0.591. The van der Waals surface area contributed by atoms with Crippen LogP contribution in [0.3, 0.4) is 0 Å². The summed E-state index contributed by atoms with van der Waals surface area (Å²) in [6, 6.07) is 10.2. The SMILES string of the molecule is CCCc1nc(Cl)cc(SCc2ccccc2C)n1. The summed E-state index contributed by atoms with van der Waals surface area (Å²) >= 11 is 7.74. The van der Waals surface area contributed by atoms with Gasteiger partial charge in [-0.1, -0.05) is 42.8 Å². The first-order chi connectivity index (χ1) is 9.19. The summed E-state index contributed by atoms with van der Waals surface area (Å²) in [5.41, 5.74) is 2.64. The Hall–Kier alpha value is -1.06. The molecule has 0 amide bonds. The molecule has 2 nitrogen and oxygen atoms in total. The molecule has 0 saturated carbocycles. The van der Waals surface area contributed by atoms with E-state index in [1.807, 2.05) is 6.07 Å². The monoisotopic (exact) mass is 292 g/mol. The van der Waals surface area contributed by atoms with Gasteiger partial charge in [-0.25, -0.2) is 9.97 Å². The maximum absolute atomic E-state index is 6.03. The Morgan fingerprint density at radius 3 is 2.74 bits per heavy atom. The van der Waals surface area contributed by atoms with Crippen LogP contribution >= 0.6 is 23.4 Å². The molecule has 0 spiro atoms. The Morgan fingerprint density at radius 1 is 1.21 bits per heavy atom. The number of halogens is 1. The van der Waals surface area contributed by atoms with Crippen LogP contribution in [0.25, 0.3) is 0 Å². The Bertz CT molecular complexity index is 558. The van der Waals surface area contributed by atoms with E-state index in [1.54, 1.807) is 11.8 Å². The van der Waals surface area contributed by atoms with Crippen molar-refractivity contribution in [3.8, 4) is 0 Å². The molecule has 0 radical (unpaired) electrons. The van der Waals surface area contributed by atoms with Crippen LogP contribution in [0.15, 0.2) is 35.4 Å². The largest absolute Gasteiger partial charge is 0.226 e. The number of rotatable bonds is 5. The summed E-state index contributed by atoms with van der Waals surface area (Å²) in [6.07, 6.45) is 1.90. The summed E-state index contributed by atoms with van der Waals surface area (Å²) in [6.45, 7) is 4.25. The van der Waals surface area contributed by atoms with Gasteiger partial charge >= 0.3 is 0 Å². The number of thioether (sulfide) groups is 1. The lowest BCUT2D eigenvalue weighted by molar-refractivity contribution is 0.809. The van der Waals surface area contributed by atoms with Gasteiger partial charge in [-0.15, -0.1) is 11.8 Å². The van der Waals surface area contributed by atoms with Crippen molar-refractivity contribution >= 4 is 23.4 Å². The number of benzene rings is 1. The van der Waals surface area contributed by atoms with Crippen LogP contribution in [0, 0.1) is 6.92 Å². The molecule has 0 atom stereocenters. The molecule has 0 saturated heterocycles. The molecule has 2 rings (SSSR count). The Labute approximate surface area is 123 Å². The van der Waals surface area contributed by atoms with Gasteiger partial charge in [0.05, 0.1) is 0 Å². The second kappa shape index (κ2) is 6.92. The third-order valence-corrected chi connectivity index (χ3v) is 3.98. The second-order valence-corrected chi connectivity index (χ2v) is 5.79. The van der Waals surface area contributed by atoms with Crippen molar-refractivity contribution in [3.05, 3.63) is 52.4 Å². The third-order valence-electron chi connectivity index (χ3n) is 2.83. The number of aromatic nitrogens is 2. The predicted octanol–water partition coefficient (Wildman–Crippen LogP) is 4.68. The zero-order valence-corrected chi connectivity index (χ0v) is 12.8. The molecule has 2 aromatic rings. The normalized spacial score (nSPS) is 10.7. The zero-order valence-electron chi connectivity index (χ0n) is 11.2. The van der Waals surface area contributed by atoms with Gasteiger partial charge in [-0.05, 0) is 24.5 Å². The summed E-state index contributed by atoms with van der Waals surface area (Å²) in [5, 5.41) is 1.48. The first kappa shape index (κ1) is 14.4. The van der Waals surface area contributed by atoms with Crippen LogP contribution in [0.5, 0.6) is 0 Å². The van der Waals surface area contributed by atoms with Crippen LogP contribution in [0.1, 0.15) is 30.3 Å². The van der Waals surface area contributed by atoms with Crippen molar-refractivity contribution in [2.45, 2.75) is 37.5 Å². The zero-order chi connectivity index (χ0) is 13.7. The van der Waals surface area contributed by atoms with E-state index in [0.717, 1.165) is 29.4 Å². The van der Waals surface area contributed by atoms with Crippen molar-refractivity contribution < 1.29 is 0 Å². The van der Waals surface area contributed by atoms with Crippen LogP contribution in [-0.4, -0.2) is 9.97 Å². The van der Waals surface area contributed by atoms with E-state index < -0.39 is 0 Å². The minimum Gasteiger partial charge on any atom is -0.226 e. The molecule has 0 unspecified atom stereocenters. The first-order valence-corrected chi connectivity index (χ1v) is 7.76. The van der Waals surface area contributed by atoms with Gasteiger partial charge in [0.1, 0.15) is 16.0 Å². The van der Waals surface area contributed by atoms with Gasteiger partial charge in [0.25, 0.3) is 0 Å². The minimum absolute atomic E-state index is 0.533. The smallest absolute Gasteiger partial charge is 0.133 e. The predicted molar refractivity (Wildman–Crippen MR) is 81.8 cm³/mol. The van der Waals surface area contributed by atoms with Crippen LogP contribution in [0.4, 0.5) is 0 Å². The Balaban J connectivity index is 2.09. The molecule has 4 heteroatoms. The molecule has 100 valence electrons. The highest BCUT2D eigenvalue weighted by Crippen LogP contribution is 2.24. The number of nitrogens with zero attached hydrogens (tertiary/aromatic N) is 2. The number of hydrogen-bond donors (Lipinski definition) is 0. The fraction of sp³-hybridized carbons (Fsp3) is 0.333. The van der Waals surface area contributed by atoms with Gasteiger partial charge in [-0.2, -0.15) is 0 Å². The van der Waals surface area contributed by atoms with E-state index in [4.69, 9.17) is 11.6 Å². The molecule has 1 heterocycles. The molecule has 0 aliphatic rings. The van der Waals surface area contributed by atoms with E-state index in [-0.39, 0.29) is 0 Å². The van der Waals surface area contributed by atoms with E-state index in [2.05, 4.69) is 48.1 Å². The van der Waals surface area contributed by atoms with Crippen molar-refractivity contribution in [1.29, 1.82) is 0 Å². The average molecular weight is 293 g/mol. The summed E-state index contributed by atoms with van der Waals surface area (Å²) in [4.78, 5) is 8.77. The highest BCUT2D eigenvalue weighted by Gasteiger charge is 2.05. The Morgan fingerprint density at radius 2 is 2.00 bits per heavy atom. The molecule has 0 aliphatic carbocycles. The molecule has 0 N–H and O–H groups in total. The molecular weight excluding hydrogens is 276 g/mol. The molecule has 1 aromatic carbocycles. The average Bonchev–Trinajstić information content (AvgIpc) is 2.37. The fourth-order valence-electron chi connectivity index (χ4n) is 1.78. The standard InChI is InChI=1S/C15H17ClN2S/c1-3-6-14-17-13(16)9-15(18-14)19-10-12-8-5-4-7-11(12)2/h4-5,7-9H,3,6,10H2,1-2H3. The lowest BCUT2D eigenvalue weighted by Crippen LogP contribution is -1.96. The molecule has 1 aromatic heterocycles. The van der Waals surface area contributed by atoms with Gasteiger partial charge in [0.15, 0.2) is 0 Å². The van der Waals surface area contributed by atoms with E-state index in [0.29, 0.717) is 5.15 Å². The lowest BCUT2D eigenvalue weighted by Gasteiger charge is -2.06. The van der Waals surface area contributed by atoms with Crippen LogP contribution < -0.4 is 0 Å². The molecule has 0 aliphatic heterocycles. The van der Waals surface area contributed by atoms with Crippen molar-refractivity contribution in [3.63, 3.8) is 0 Å². The Kier molecular flexibility index (Phi) is 5.23. The minimum atomic E-state index is 0.533. The first-order valence-electron chi connectivity index (χ1n) is 6.40. The molecule has 19 heavy (non-hydrogen) atoms. The summed E-state index contributed by atoms with van der Waals surface area (Å²) in [7, 11) is 0. The van der Waals surface area contributed by atoms with Crippen LogP contribution in [0.2, 0.25) is 5.15 Å². The van der Waals surface area contributed by atoms with E-state index >= 15 is 0 Å². The molecular formula is C15H17ClN2S. The van der Waals surface area contributed by atoms with Crippen molar-refractivity contribution in [1.82, 2.24) is 9.97 Å². The highest BCUT2D eigenvalue weighted by molar-refractivity contribution is 7.98. The van der Waals surface area contributed by atoms with Gasteiger partial charge < -0.3 is 0 Å². The fourth-order valence-corrected chi connectivity index (χ4v) is 3.03. The third kappa shape index (κ3) is 4.22. The summed E-state index contributed by atoms with van der Waals surface area (Å²) < 4.78 is 0. The number of aryl methyl sites for hydroxylation is 2. The van der Waals surface area contributed by atoms with E-state index in [9.17, 15) is 0 Å². The number of hydrogen-bond acceptors (Lipinski definition) is 3. The molecule has 0 fully saturated rings. The van der Waals surface area contributed by atoms with Gasteiger partial charge in [-0.3, -0.25) is 0 Å². The van der Waals surface area contributed by atoms with Crippen molar-refractivity contribution in [2.75, 3.05) is 0 Å². The topological polar surface area (TPSA) is 25.8 Å². The maximum Gasteiger partial charge on any atom is 0.133 e.